The summed E-state index contributed by atoms with van der Waals surface area (Å²) in [6.07, 6.45) is 0. The molecule has 23 aromatic rings. The molecule has 4 aliphatic rings. The first-order valence-corrected chi connectivity index (χ1v) is 41.0. The van der Waals surface area contributed by atoms with Gasteiger partial charge in [-0.2, -0.15) is 0 Å². The third kappa shape index (κ3) is 8.31. The zero-order valence-electron chi connectivity index (χ0n) is 63.5. The van der Waals surface area contributed by atoms with E-state index in [1.54, 1.807) is 0 Å². The summed E-state index contributed by atoms with van der Waals surface area (Å²) in [5.74, 6) is 0. The molecule has 0 aliphatic heterocycles. The van der Waals surface area contributed by atoms with Gasteiger partial charge in [-0.05, 0) is 296 Å². The summed E-state index contributed by atoms with van der Waals surface area (Å²) in [6, 6.07) is 153. The van der Waals surface area contributed by atoms with Crippen molar-refractivity contribution in [1.82, 2.24) is 0 Å². The quantitative estimate of drug-likeness (QED) is 0.124. The second kappa shape index (κ2) is 23.3. The molecule has 4 aliphatic carbocycles. The monoisotopic (exact) mass is 1470 g/mol. The van der Waals surface area contributed by atoms with Crippen LogP contribution in [0.1, 0.15) is 44.5 Å². The van der Waals surface area contributed by atoms with Crippen molar-refractivity contribution in [3.8, 4) is 100 Å². The van der Waals surface area contributed by atoms with Crippen LogP contribution >= 0.6 is 0 Å². The van der Waals surface area contributed by atoms with Crippen LogP contribution in [0.15, 0.2) is 405 Å². The molecule has 117 heavy (non-hydrogen) atoms. The van der Waals surface area contributed by atoms with Crippen LogP contribution in [0.3, 0.4) is 0 Å². The number of para-hydroxylation sites is 1. The molecule has 1 heteroatoms. The van der Waals surface area contributed by atoms with Crippen molar-refractivity contribution in [2.45, 2.75) is 10.8 Å². The number of benzene rings is 22. The lowest BCUT2D eigenvalue weighted by molar-refractivity contribution is 0.669. The topological polar surface area (TPSA) is 13.1 Å². The maximum atomic E-state index is 6.56. The van der Waals surface area contributed by atoms with Gasteiger partial charge >= 0.3 is 0 Å². The van der Waals surface area contributed by atoms with Crippen molar-refractivity contribution >= 4 is 119 Å². The van der Waals surface area contributed by atoms with Gasteiger partial charge in [0.05, 0.1) is 10.8 Å². The fourth-order valence-corrected chi connectivity index (χ4v) is 23.0. The lowest BCUT2D eigenvalue weighted by atomic mass is 9.68. The van der Waals surface area contributed by atoms with Crippen molar-refractivity contribution in [2.75, 3.05) is 0 Å². The highest BCUT2D eigenvalue weighted by molar-refractivity contribution is 6.25. The molecule has 0 bridgehead atoms. The zero-order valence-corrected chi connectivity index (χ0v) is 63.5. The van der Waals surface area contributed by atoms with Gasteiger partial charge in [0.25, 0.3) is 0 Å². The Morgan fingerprint density at radius 3 is 1.10 bits per heavy atom. The van der Waals surface area contributed by atoms with E-state index < -0.39 is 10.8 Å². The number of fused-ring (bicyclic) bond motifs is 39. The lowest BCUT2D eigenvalue weighted by Crippen LogP contribution is -2.26. The van der Waals surface area contributed by atoms with E-state index in [2.05, 4.69) is 400 Å². The minimum atomic E-state index is -0.600. The molecule has 1 nitrogen and oxygen atoms in total. The molecule has 0 fully saturated rings. The lowest BCUT2D eigenvalue weighted by Gasteiger charge is -2.32. The largest absolute Gasteiger partial charge is 0.456 e. The van der Waals surface area contributed by atoms with Gasteiger partial charge in [0, 0.05) is 10.8 Å². The molecule has 0 saturated heterocycles. The van der Waals surface area contributed by atoms with Gasteiger partial charge in [-0.25, -0.2) is 0 Å². The van der Waals surface area contributed by atoms with E-state index in [1.807, 2.05) is 0 Å². The van der Waals surface area contributed by atoms with Crippen LogP contribution in [-0.4, -0.2) is 0 Å². The number of rotatable bonds is 5. The van der Waals surface area contributed by atoms with E-state index in [0.29, 0.717) is 0 Å². The van der Waals surface area contributed by atoms with E-state index >= 15 is 0 Å². The fraction of sp³-hybridized carbons (Fsp3) is 0.0172. The zero-order chi connectivity index (χ0) is 76.1. The predicted molar refractivity (Wildman–Crippen MR) is 491 cm³/mol. The summed E-state index contributed by atoms with van der Waals surface area (Å²) in [4.78, 5) is 0. The highest BCUT2D eigenvalue weighted by atomic mass is 16.3. The normalized spacial score (nSPS) is 13.6. The average Bonchev–Trinajstić information content (AvgIpc) is 1.57. The molecule has 0 unspecified atom stereocenters. The van der Waals surface area contributed by atoms with Gasteiger partial charge in [0.1, 0.15) is 11.2 Å². The van der Waals surface area contributed by atoms with Crippen molar-refractivity contribution in [3.63, 3.8) is 0 Å². The Morgan fingerprint density at radius 1 is 0.145 bits per heavy atom. The Balaban J connectivity index is 0.636. The van der Waals surface area contributed by atoms with Crippen molar-refractivity contribution < 1.29 is 4.42 Å². The molecule has 22 aromatic carbocycles. The van der Waals surface area contributed by atoms with E-state index in [1.165, 1.54) is 230 Å². The highest BCUT2D eigenvalue weighted by Crippen LogP contribution is 2.69. The standard InChI is InChI=1S/C116H66O/c1-2-25-78-71(22-1)65-99(85-29-4-3-26-82(78)85)75-47-54-80-74(63-75)49-57-97-96-56-48-72-61-69(45-52-79(72)111(96)115(112(80)97)102-39-16-11-30-86(102)87-31-12-17-40-103(87)115)70-46-55-94-101(64-70)109(77-51-59-107-100(66-77)90-34-15-20-43-106(90)117-107)93-37-9-8-36-92(93)108(94)76-24-21-23-67(62-76)68-44-53-81-73(60-68)50-58-98-110-91-35-7-5-27-83(91)84-28-6-10-38-95(84)114(110)116(113(81)98)104-41-18-13-32-88(104)89-33-14-19-42-105(89)116/h1-66H. The molecule has 0 atom stereocenters. The molecule has 1 aromatic heterocycles. The smallest absolute Gasteiger partial charge is 0.135 e. The van der Waals surface area contributed by atoms with Gasteiger partial charge in [-0.3, -0.25) is 0 Å². The van der Waals surface area contributed by atoms with Crippen LogP contribution in [-0.2, 0) is 10.8 Å². The third-order valence-electron chi connectivity index (χ3n) is 27.5. The van der Waals surface area contributed by atoms with Gasteiger partial charge in [0.15, 0.2) is 0 Å². The Labute approximate surface area is 674 Å². The third-order valence-corrected chi connectivity index (χ3v) is 27.5. The van der Waals surface area contributed by atoms with Crippen LogP contribution in [0.2, 0.25) is 0 Å². The van der Waals surface area contributed by atoms with Gasteiger partial charge in [0.2, 0.25) is 0 Å². The predicted octanol–water partition coefficient (Wildman–Crippen LogP) is 31.0. The molecule has 0 saturated carbocycles. The Morgan fingerprint density at radius 2 is 0.504 bits per heavy atom. The SMILES string of the molecule is c1cc(-c2ccc3c4c(ccc3c2)-c2c(c3ccccc3c3ccccc23)C42c3ccccc3-c3ccccc32)cc(-c2c3ccccc3c(-c3ccc4oc5ccccc5c4c3)c3cc(-c4ccc5c6c(ccc5c4)-c4ccc5cc(-c7cc8ccccc8c8ccccc78)ccc5c4C64c5ccccc5-c5ccccc54)ccc23)c1. The minimum Gasteiger partial charge on any atom is -0.456 e. The molecular formula is C116H66O. The minimum absolute atomic E-state index is 0.560. The molecule has 0 N–H and O–H groups in total. The van der Waals surface area contributed by atoms with E-state index in [-0.39, 0.29) is 0 Å². The van der Waals surface area contributed by atoms with Crippen LogP contribution < -0.4 is 0 Å². The molecule has 27 rings (SSSR count). The van der Waals surface area contributed by atoms with Gasteiger partial charge < -0.3 is 4.42 Å². The number of hydrogen-bond acceptors (Lipinski definition) is 1. The molecule has 1 heterocycles. The maximum absolute atomic E-state index is 6.56. The van der Waals surface area contributed by atoms with Crippen molar-refractivity contribution in [1.29, 1.82) is 0 Å². The average molecular weight is 1480 g/mol. The first-order chi connectivity index (χ1) is 58.0. The van der Waals surface area contributed by atoms with Gasteiger partial charge in [-0.1, -0.05) is 346 Å². The fourth-order valence-electron chi connectivity index (χ4n) is 23.0. The maximum Gasteiger partial charge on any atom is 0.135 e. The Bertz CT molecular complexity index is 8380. The molecule has 536 valence electrons. The Hall–Kier alpha value is -15.0. The summed E-state index contributed by atoms with van der Waals surface area (Å²) < 4.78 is 6.56. The summed E-state index contributed by atoms with van der Waals surface area (Å²) in [7, 11) is 0. The van der Waals surface area contributed by atoms with E-state index in [0.717, 1.165) is 33.1 Å². The van der Waals surface area contributed by atoms with Crippen molar-refractivity contribution in [2.24, 2.45) is 0 Å². The van der Waals surface area contributed by atoms with Crippen molar-refractivity contribution in [3.05, 3.63) is 445 Å². The molecule has 2 spiro atoms. The molecule has 0 amide bonds. The van der Waals surface area contributed by atoms with Crippen LogP contribution in [0.25, 0.3) is 219 Å². The van der Waals surface area contributed by atoms with Crippen LogP contribution in [0, 0.1) is 0 Å². The summed E-state index contributed by atoms with van der Waals surface area (Å²) >= 11 is 0. The summed E-state index contributed by atoms with van der Waals surface area (Å²) in [6.45, 7) is 0. The summed E-state index contributed by atoms with van der Waals surface area (Å²) in [5.41, 5.74) is 33.8. The number of furan rings is 1. The second-order valence-electron chi connectivity index (χ2n) is 32.9. The number of hydrogen-bond donors (Lipinski definition) is 0. The Kier molecular flexibility index (Phi) is 12.7. The molecule has 0 radical (unpaired) electrons. The summed E-state index contributed by atoms with van der Waals surface area (Å²) in [5, 5.41) is 24.8. The first kappa shape index (κ1) is 63.5. The highest BCUT2D eigenvalue weighted by Gasteiger charge is 2.55. The van der Waals surface area contributed by atoms with Crippen LogP contribution in [0.4, 0.5) is 0 Å². The second-order valence-corrected chi connectivity index (χ2v) is 32.9. The van der Waals surface area contributed by atoms with Crippen LogP contribution in [0.5, 0.6) is 0 Å². The van der Waals surface area contributed by atoms with E-state index in [9.17, 15) is 0 Å². The molecular weight excluding hydrogens is 1410 g/mol. The van der Waals surface area contributed by atoms with E-state index in [4.69, 9.17) is 4.42 Å². The first-order valence-electron chi connectivity index (χ1n) is 41.0. The van der Waals surface area contributed by atoms with Gasteiger partial charge in [-0.15, -0.1) is 0 Å².